The molecule has 0 fully saturated rings. The van der Waals surface area contributed by atoms with Crippen molar-refractivity contribution < 1.29 is 9.47 Å². The molecule has 0 bridgehead atoms. The largest absolute Gasteiger partial charge is 0.497 e. The Bertz CT molecular complexity index is 456. The molecule has 0 aliphatic heterocycles. The fraction of sp³-hybridized carbons (Fsp3) is 0.500. The van der Waals surface area contributed by atoms with E-state index < -0.39 is 0 Å². The number of nitrogens with two attached hydrogens (primary N) is 1. The van der Waals surface area contributed by atoms with E-state index in [1.54, 1.807) is 14.2 Å². The van der Waals surface area contributed by atoms with E-state index >= 15 is 0 Å². The van der Waals surface area contributed by atoms with Gasteiger partial charge in [-0.05, 0) is 32.9 Å². The number of ether oxygens (including phenoxy) is 2. The van der Waals surface area contributed by atoms with Gasteiger partial charge in [0.1, 0.15) is 11.5 Å². The van der Waals surface area contributed by atoms with E-state index in [0.717, 1.165) is 17.1 Å². The average Bonchev–Trinajstić information content (AvgIpc) is 2.34. The average molecular weight is 393 g/mol. The lowest BCUT2D eigenvalue weighted by Gasteiger charge is -2.21. The molecule has 114 valence electrons. The van der Waals surface area contributed by atoms with Crippen molar-refractivity contribution in [2.75, 3.05) is 14.2 Å². The number of guanidine groups is 1. The molecule has 0 heterocycles. The van der Waals surface area contributed by atoms with Crippen molar-refractivity contribution >= 4 is 29.9 Å². The minimum atomic E-state index is -0.0996. The summed E-state index contributed by atoms with van der Waals surface area (Å²) < 4.78 is 10.5. The standard InChI is InChI=1S/C14H23N3O2.HI/c1-14(2,3)17-13(15)16-9-10-6-7-11(18-4)8-12(10)19-5;/h6-8H,9H2,1-5H3,(H3,15,16,17);1H. The summed E-state index contributed by atoms with van der Waals surface area (Å²) in [5, 5.41) is 3.11. The number of methoxy groups -OCH3 is 2. The van der Waals surface area contributed by atoms with Crippen LogP contribution in [0.4, 0.5) is 0 Å². The first-order chi connectivity index (χ1) is 8.85. The van der Waals surface area contributed by atoms with Crippen LogP contribution in [0, 0.1) is 0 Å². The molecule has 0 radical (unpaired) electrons. The van der Waals surface area contributed by atoms with E-state index in [0.29, 0.717) is 12.5 Å². The molecule has 0 aliphatic rings. The quantitative estimate of drug-likeness (QED) is 0.469. The van der Waals surface area contributed by atoms with Crippen molar-refractivity contribution in [3.8, 4) is 11.5 Å². The Kier molecular flexibility index (Phi) is 7.70. The number of nitrogens with zero attached hydrogens (tertiary/aromatic N) is 1. The van der Waals surface area contributed by atoms with Crippen molar-refractivity contribution in [2.45, 2.75) is 32.9 Å². The van der Waals surface area contributed by atoms with Gasteiger partial charge in [0.25, 0.3) is 0 Å². The maximum atomic E-state index is 5.83. The molecule has 5 nitrogen and oxygen atoms in total. The van der Waals surface area contributed by atoms with Crippen LogP contribution in [0.15, 0.2) is 23.2 Å². The highest BCUT2D eigenvalue weighted by Gasteiger charge is 2.10. The molecule has 0 saturated heterocycles. The highest BCUT2D eigenvalue weighted by molar-refractivity contribution is 14.0. The molecule has 0 aromatic heterocycles. The summed E-state index contributed by atoms with van der Waals surface area (Å²) in [7, 11) is 3.25. The Hall–Kier alpha value is -1.18. The number of rotatable bonds is 4. The van der Waals surface area contributed by atoms with Crippen LogP contribution in [0.5, 0.6) is 11.5 Å². The Labute approximate surface area is 138 Å². The maximum absolute atomic E-state index is 5.83. The van der Waals surface area contributed by atoms with Gasteiger partial charge in [-0.25, -0.2) is 4.99 Å². The van der Waals surface area contributed by atoms with Gasteiger partial charge in [-0.15, -0.1) is 24.0 Å². The molecule has 1 rings (SSSR count). The molecule has 1 aromatic carbocycles. The van der Waals surface area contributed by atoms with Gasteiger partial charge >= 0.3 is 0 Å². The lowest BCUT2D eigenvalue weighted by molar-refractivity contribution is 0.391. The van der Waals surface area contributed by atoms with Crippen LogP contribution < -0.4 is 20.5 Å². The van der Waals surface area contributed by atoms with Crippen LogP contribution in [0.2, 0.25) is 0 Å². The minimum Gasteiger partial charge on any atom is -0.497 e. The molecule has 0 unspecified atom stereocenters. The van der Waals surface area contributed by atoms with E-state index in [9.17, 15) is 0 Å². The SMILES string of the molecule is COc1ccc(CN=C(N)NC(C)(C)C)c(OC)c1.I. The van der Waals surface area contributed by atoms with Crippen LogP contribution in [0.1, 0.15) is 26.3 Å². The monoisotopic (exact) mass is 393 g/mol. The Morgan fingerprint density at radius 3 is 2.40 bits per heavy atom. The van der Waals surface area contributed by atoms with Crippen molar-refractivity contribution in [1.82, 2.24) is 5.32 Å². The maximum Gasteiger partial charge on any atom is 0.189 e. The first-order valence-corrected chi connectivity index (χ1v) is 6.14. The molecule has 0 atom stereocenters. The van der Waals surface area contributed by atoms with Crippen LogP contribution in [-0.2, 0) is 6.54 Å². The molecular weight excluding hydrogens is 369 g/mol. The van der Waals surface area contributed by atoms with E-state index in [1.807, 2.05) is 39.0 Å². The summed E-state index contributed by atoms with van der Waals surface area (Å²) in [6.45, 7) is 6.55. The number of aliphatic imine (C=N–C) groups is 1. The summed E-state index contributed by atoms with van der Waals surface area (Å²) in [6, 6.07) is 5.63. The fourth-order valence-corrected chi connectivity index (χ4v) is 1.58. The van der Waals surface area contributed by atoms with Gasteiger partial charge in [-0.2, -0.15) is 0 Å². The third kappa shape index (κ3) is 6.31. The van der Waals surface area contributed by atoms with Gasteiger partial charge in [0.15, 0.2) is 5.96 Å². The van der Waals surface area contributed by atoms with Gasteiger partial charge in [0, 0.05) is 17.2 Å². The lowest BCUT2D eigenvalue weighted by Crippen LogP contribution is -2.44. The second kappa shape index (κ2) is 8.18. The lowest BCUT2D eigenvalue weighted by atomic mass is 10.1. The first kappa shape index (κ1) is 18.8. The minimum absolute atomic E-state index is 0. The second-order valence-electron chi connectivity index (χ2n) is 5.25. The summed E-state index contributed by atoms with van der Waals surface area (Å²) in [6.07, 6.45) is 0. The van der Waals surface area contributed by atoms with Gasteiger partial charge in [0.2, 0.25) is 0 Å². The van der Waals surface area contributed by atoms with E-state index in [2.05, 4.69) is 10.3 Å². The Morgan fingerprint density at radius 1 is 1.25 bits per heavy atom. The van der Waals surface area contributed by atoms with Crippen LogP contribution >= 0.6 is 24.0 Å². The number of benzene rings is 1. The Morgan fingerprint density at radius 2 is 1.90 bits per heavy atom. The van der Waals surface area contributed by atoms with Crippen LogP contribution in [-0.4, -0.2) is 25.7 Å². The van der Waals surface area contributed by atoms with Crippen LogP contribution in [0.25, 0.3) is 0 Å². The molecule has 0 amide bonds. The zero-order valence-electron chi connectivity index (χ0n) is 12.7. The molecule has 3 N–H and O–H groups in total. The van der Waals surface area contributed by atoms with Crippen molar-refractivity contribution in [2.24, 2.45) is 10.7 Å². The summed E-state index contributed by atoms with van der Waals surface area (Å²) in [5.41, 5.74) is 6.69. The Balaban J connectivity index is 0.00000361. The van der Waals surface area contributed by atoms with E-state index in [-0.39, 0.29) is 29.5 Å². The molecular formula is C14H24IN3O2. The van der Waals surface area contributed by atoms with Crippen molar-refractivity contribution in [3.63, 3.8) is 0 Å². The van der Waals surface area contributed by atoms with Crippen molar-refractivity contribution in [1.29, 1.82) is 0 Å². The normalized spacial score (nSPS) is 11.6. The van der Waals surface area contributed by atoms with E-state index in [1.165, 1.54) is 0 Å². The van der Waals surface area contributed by atoms with Crippen molar-refractivity contribution in [3.05, 3.63) is 23.8 Å². The topological polar surface area (TPSA) is 68.9 Å². The first-order valence-electron chi connectivity index (χ1n) is 6.14. The van der Waals surface area contributed by atoms with Gasteiger partial charge in [0.05, 0.1) is 20.8 Å². The fourth-order valence-electron chi connectivity index (χ4n) is 1.58. The molecule has 1 aromatic rings. The molecule has 0 aliphatic carbocycles. The zero-order valence-corrected chi connectivity index (χ0v) is 15.0. The third-order valence-corrected chi connectivity index (χ3v) is 2.42. The van der Waals surface area contributed by atoms with Gasteiger partial charge in [-0.3, -0.25) is 0 Å². The zero-order chi connectivity index (χ0) is 14.5. The summed E-state index contributed by atoms with van der Waals surface area (Å²) in [4.78, 5) is 4.31. The summed E-state index contributed by atoms with van der Waals surface area (Å²) in [5.74, 6) is 1.92. The highest BCUT2D eigenvalue weighted by atomic mass is 127. The second-order valence-corrected chi connectivity index (χ2v) is 5.25. The predicted molar refractivity (Wildman–Crippen MR) is 93.2 cm³/mol. The molecule has 6 heteroatoms. The van der Waals surface area contributed by atoms with Gasteiger partial charge < -0.3 is 20.5 Å². The number of hydrogen-bond donors (Lipinski definition) is 2. The van der Waals surface area contributed by atoms with Crippen LogP contribution in [0.3, 0.4) is 0 Å². The number of nitrogens with one attached hydrogen (secondary N) is 1. The third-order valence-electron chi connectivity index (χ3n) is 2.42. The number of halogens is 1. The van der Waals surface area contributed by atoms with E-state index in [4.69, 9.17) is 15.2 Å². The molecule has 20 heavy (non-hydrogen) atoms. The predicted octanol–water partition coefficient (Wildman–Crippen LogP) is 2.52. The molecule has 0 spiro atoms. The molecule has 0 saturated carbocycles. The highest BCUT2D eigenvalue weighted by Crippen LogP contribution is 2.25. The number of hydrogen-bond acceptors (Lipinski definition) is 3. The van der Waals surface area contributed by atoms with Gasteiger partial charge in [-0.1, -0.05) is 0 Å². The smallest absolute Gasteiger partial charge is 0.189 e. The summed E-state index contributed by atoms with van der Waals surface area (Å²) >= 11 is 0.